The quantitative estimate of drug-likeness (QED) is 0.831. The zero-order valence-corrected chi connectivity index (χ0v) is 12.0. The molecular formula is C14H19ClN2O3. The number of nitrogens with zero attached hydrogens (tertiary/aromatic N) is 1. The average Bonchev–Trinajstić information content (AvgIpc) is 2.46. The lowest BCUT2D eigenvalue weighted by Crippen LogP contribution is -2.41. The third kappa shape index (κ3) is 4.45. The monoisotopic (exact) mass is 298 g/mol. The maximum atomic E-state index is 11.3. The summed E-state index contributed by atoms with van der Waals surface area (Å²) in [7, 11) is 0. The minimum atomic E-state index is -0.880. The van der Waals surface area contributed by atoms with Crippen LogP contribution < -0.4 is 5.32 Å². The fraction of sp³-hybridized carbons (Fsp3) is 0.500. The predicted octanol–water partition coefficient (Wildman–Crippen LogP) is 1.39. The van der Waals surface area contributed by atoms with Gasteiger partial charge in [0, 0.05) is 31.2 Å². The first-order valence-corrected chi connectivity index (χ1v) is 7.06. The second kappa shape index (κ2) is 7.59. The Kier molecular flexibility index (Phi) is 5.79. The van der Waals surface area contributed by atoms with Crippen molar-refractivity contribution >= 4 is 17.6 Å². The Labute approximate surface area is 123 Å². The Bertz CT molecular complexity index is 433. The summed E-state index contributed by atoms with van der Waals surface area (Å²) in [4.78, 5) is 13.6. The molecule has 0 saturated carbocycles. The third-order valence-corrected chi connectivity index (χ3v) is 3.58. The Balaban J connectivity index is 1.86. The van der Waals surface area contributed by atoms with Crippen LogP contribution in [0.4, 0.5) is 0 Å². The van der Waals surface area contributed by atoms with Gasteiger partial charge in [0.1, 0.15) is 6.04 Å². The summed E-state index contributed by atoms with van der Waals surface area (Å²) < 4.78 is 5.28. The second-order valence-corrected chi connectivity index (χ2v) is 5.17. The van der Waals surface area contributed by atoms with Gasteiger partial charge in [-0.2, -0.15) is 0 Å². The Morgan fingerprint density at radius 3 is 2.60 bits per heavy atom. The molecule has 2 N–H and O–H groups in total. The van der Waals surface area contributed by atoms with Gasteiger partial charge in [0.05, 0.1) is 13.2 Å². The van der Waals surface area contributed by atoms with Crippen LogP contribution in [0.2, 0.25) is 5.02 Å². The molecule has 1 aromatic carbocycles. The number of halogens is 1. The van der Waals surface area contributed by atoms with Crippen molar-refractivity contribution in [2.45, 2.75) is 6.04 Å². The van der Waals surface area contributed by atoms with Crippen LogP contribution in [0.25, 0.3) is 0 Å². The number of nitrogens with one attached hydrogen (secondary N) is 1. The van der Waals surface area contributed by atoms with Crippen molar-refractivity contribution in [1.29, 1.82) is 0 Å². The predicted molar refractivity (Wildman–Crippen MR) is 77.1 cm³/mol. The third-order valence-electron chi connectivity index (χ3n) is 3.33. The van der Waals surface area contributed by atoms with Crippen molar-refractivity contribution < 1.29 is 14.6 Å². The van der Waals surface area contributed by atoms with Crippen LogP contribution in [0.15, 0.2) is 24.3 Å². The molecule has 0 radical (unpaired) electrons. The number of hydrogen-bond donors (Lipinski definition) is 2. The first-order valence-electron chi connectivity index (χ1n) is 6.68. The van der Waals surface area contributed by atoms with Crippen molar-refractivity contribution in [1.82, 2.24) is 10.2 Å². The van der Waals surface area contributed by atoms with E-state index in [-0.39, 0.29) is 0 Å². The molecule has 1 aliphatic rings. The van der Waals surface area contributed by atoms with E-state index in [1.54, 1.807) is 24.3 Å². The standard InChI is InChI=1S/C14H19ClN2O3/c15-12-3-1-11(2-4-12)13(14(18)19)16-5-6-17-7-9-20-10-8-17/h1-4,13,16H,5-10H2,(H,18,19). The molecule has 20 heavy (non-hydrogen) atoms. The summed E-state index contributed by atoms with van der Waals surface area (Å²) in [6.07, 6.45) is 0. The molecule has 0 spiro atoms. The van der Waals surface area contributed by atoms with Gasteiger partial charge < -0.3 is 9.84 Å². The minimum Gasteiger partial charge on any atom is -0.480 e. The van der Waals surface area contributed by atoms with Crippen LogP contribution in [0, 0.1) is 0 Å². The highest BCUT2D eigenvalue weighted by molar-refractivity contribution is 6.30. The first-order chi connectivity index (χ1) is 9.66. The minimum absolute atomic E-state index is 0.603. The SMILES string of the molecule is O=C(O)C(NCCN1CCOCC1)c1ccc(Cl)cc1. The summed E-state index contributed by atoms with van der Waals surface area (Å²) in [6, 6.07) is 6.19. The number of hydrogen-bond acceptors (Lipinski definition) is 4. The van der Waals surface area contributed by atoms with Crippen molar-refractivity contribution in [2.75, 3.05) is 39.4 Å². The van der Waals surface area contributed by atoms with Gasteiger partial charge in [-0.05, 0) is 17.7 Å². The van der Waals surface area contributed by atoms with Gasteiger partial charge in [0.2, 0.25) is 0 Å². The summed E-state index contributed by atoms with van der Waals surface area (Å²) in [6.45, 7) is 4.75. The zero-order valence-electron chi connectivity index (χ0n) is 11.2. The maximum Gasteiger partial charge on any atom is 0.325 e. The van der Waals surface area contributed by atoms with Crippen LogP contribution in [-0.4, -0.2) is 55.4 Å². The van der Waals surface area contributed by atoms with Crippen LogP contribution in [-0.2, 0) is 9.53 Å². The molecule has 1 heterocycles. The van der Waals surface area contributed by atoms with Gasteiger partial charge in [0.15, 0.2) is 0 Å². The number of carboxylic acids is 1. The van der Waals surface area contributed by atoms with E-state index in [1.807, 2.05) is 0 Å². The molecule has 0 bridgehead atoms. The van der Waals surface area contributed by atoms with Crippen molar-refractivity contribution in [3.05, 3.63) is 34.9 Å². The summed E-state index contributed by atoms with van der Waals surface area (Å²) >= 11 is 5.82. The number of morpholine rings is 1. The number of benzene rings is 1. The van der Waals surface area contributed by atoms with E-state index < -0.39 is 12.0 Å². The van der Waals surface area contributed by atoms with Crippen molar-refractivity contribution in [3.8, 4) is 0 Å². The average molecular weight is 299 g/mol. The largest absolute Gasteiger partial charge is 0.480 e. The van der Waals surface area contributed by atoms with Crippen molar-refractivity contribution in [3.63, 3.8) is 0 Å². The molecule has 0 aliphatic carbocycles. The molecule has 1 aliphatic heterocycles. The molecule has 1 aromatic rings. The van der Waals surface area contributed by atoms with Crippen molar-refractivity contribution in [2.24, 2.45) is 0 Å². The van der Waals surface area contributed by atoms with Crippen LogP contribution in [0.1, 0.15) is 11.6 Å². The summed E-state index contributed by atoms with van der Waals surface area (Å²) in [5, 5.41) is 13.0. The molecule has 5 nitrogen and oxygen atoms in total. The number of ether oxygens (including phenoxy) is 1. The molecule has 1 atom stereocenters. The van der Waals surface area contributed by atoms with Gasteiger partial charge in [-0.3, -0.25) is 15.0 Å². The van der Waals surface area contributed by atoms with E-state index in [2.05, 4.69) is 10.2 Å². The summed E-state index contributed by atoms with van der Waals surface area (Å²) in [5.74, 6) is -0.880. The van der Waals surface area contributed by atoms with Gasteiger partial charge in [-0.25, -0.2) is 0 Å². The summed E-state index contributed by atoms with van der Waals surface area (Å²) in [5.41, 5.74) is 0.712. The van der Waals surface area contributed by atoms with E-state index in [9.17, 15) is 9.90 Å². The normalized spacial score (nSPS) is 17.9. The fourth-order valence-electron chi connectivity index (χ4n) is 2.19. The van der Waals surface area contributed by atoms with Gasteiger partial charge in [0.25, 0.3) is 0 Å². The second-order valence-electron chi connectivity index (χ2n) is 4.73. The molecule has 1 fully saturated rings. The molecule has 2 rings (SSSR count). The van der Waals surface area contributed by atoms with E-state index in [0.29, 0.717) is 17.1 Å². The zero-order chi connectivity index (χ0) is 14.4. The van der Waals surface area contributed by atoms with Crippen LogP contribution >= 0.6 is 11.6 Å². The molecule has 6 heteroatoms. The highest BCUT2D eigenvalue weighted by Crippen LogP contribution is 2.16. The Morgan fingerprint density at radius 1 is 1.35 bits per heavy atom. The maximum absolute atomic E-state index is 11.3. The fourth-order valence-corrected chi connectivity index (χ4v) is 2.32. The molecule has 1 unspecified atom stereocenters. The topological polar surface area (TPSA) is 61.8 Å². The molecule has 0 amide bonds. The number of rotatable bonds is 6. The molecular weight excluding hydrogens is 280 g/mol. The molecule has 0 aromatic heterocycles. The van der Waals surface area contributed by atoms with E-state index in [0.717, 1.165) is 32.8 Å². The van der Waals surface area contributed by atoms with Gasteiger partial charge >= 0.3 is 5.97 Å². The smallest absolute Gasteiger partial charge is 0.325 e. The van der Waals surface area contributed by atoms with Gasteiger partial charge in [-0.1, -0.05) is 23.7 Å². The van der Waals surface area contributed by atoms with Gasteiger partial charge in [-0.15, -0.1) is 0 Å². The van der Waals surface area contributed by atoms with Crippen LogP contribution in [0.3, 0.4) is 0 Å². The lowest BCUT2D eigenvalue weighted by Gasteiger charge is -2.27. The molecule has 110 valence electrons. The Hall–Kier alpha value is -1.14. The highest BCUT2D eigenvalue weighted by atomic mass is 35.5. The van der Waals surface area contributed by atoms with E-state index in [1.165, 1.54) is 0 Å². The lowest BCUT2D eigenvalue weighted by atomic mass is 10.1. The first kappa shape index (κ1) is 15.3. The number of aliphatic carboxylic acids is 1. The van der Waals surface area contributed by atoms with Crippen LogP contribution in [0.5, 0.6) is 0 Å². The lowest BCUT2D eigenvalue weighted by molar-refractivity contribution is -0.139. The number of carbonyl (C=O) groups is 1. The number of carboxylic acid groups (broad SMARTS) is 1. The van der Waals surface area contributed by atoms with E-state index >= 15 is 0 Å². The van der Waals surface area contributed by atoms with E-state index in [4.69, 9.17) is 16.3 Å². The highest BCUT2D eigenvalue weighted by Gasteiger charge is 2.19. The Morgan fingerprint density at radius 2 is 2.00 bits per heavy atom. The molecule has 1 saturated heterocycles.